The Morgan fingerprint density at radius 1 is 1.09 bits per heavy atom. The molecule has 0 saturated heterocycles. The number of benzene rings is 2. The minimum atomic E-state index is -0.544. The number of carbonyl (C=O) groups is 1. The molecule has 0 N–H and O–H groups in total. The van der Waals surface area contributed by atoms with Crippen LogP contribution in [0, 0.1) is 6.92 Å². The van der Waals surface area contributed by atoms with Gasteiger partial charge in [-0.05, 0) is 31.2 Å². The van der Waals surface area contributed by atoms with E-state index in [0.29, 0.717) is 27.6 Å². The fourth-order valence-corrected chi connectivity index (χ4v) is 2.16. The quantitative estimate of drug-likeness (QED) is 0.473. The third-order valence-corrected chi connectivity index (χ3v) is 3.52. The SMILES string of the molecule is COc1ccc(/C=N/OC(=O)c2ccc(C)cc2)c(Cl)c1OC. The Hall–Kier alpha value is -2.53. The minimum absolute atomic E-state index is 0.321. The fraction of sp³-hybridized carbons (Fsp3) is 0.176. The van der Waals surface area contributed by atoms with E-state index in [1.165, 1.54) is 20.4 Å². The van der Waals surface area contributed by atoms with Crippen LogP contribution in [0.15, 0.2) is 41.6 Å². The summed E-state index contributed by atoms with van der Waals surface area (Å²) in [6.07, 6.45) is 1.34. The smallest absolute Gasteiger partial charge is 0.365 e. The highest BCUT2D eigenvalue weighted by Gasteiger charge is 2.12. The zero-order chi connectivity index (χ0) is 16.8. The van der Waals surface area contributed by atoms with E-state index >= 15 is 0 Å². The first-order chi connectivity index (χ1) is 11.1. The normalized spacial score (nSPS) is 10.6. The number of halogens is 1. The summed E-state index contributed by atoms with van der Waals surface area (Å²) in [7, 11) is 3.01. The second-order valence-electron chi connectivity index (χ2n) is 4.68. The Kier molecular flexibility index (Phi) is 5.60. The molecule has 0 unspecified atom stereocenters. The van der Waals surface area contributed by atoms with Crippen LogP contribution in [0.2, 0.25) is 5.02 Å². The van der Waals surface area contributed by atoms with E-state index in [4.69, 9.17) is 25.9 Å². The maximum absolute atomic E-state index is 11.8. The van der Waals surface area contributed by atoms with Crippen LogP contribution in [-0.4, -0.2) is 26.4 Å². The summed E-state index contributed by atoms with van der Waals surface area (Å²) in [5.41, 5.74) is 2.02. The number of nitrogens with zero attached hydrogens (tertiary/aromatic N) is 1. The van der Waals surface area contributed by atoms with Crippen molar-refractivity contribution in [2.24, 2.45) is 5.16 Å². The maximum Gasteiger partial charge on any atom is 0.365 e. The lowest BCUT2D eigenvalue weighted by Gasteiger charge is -2.10. The lowest BCUT2D eigenvalue weighted by molar-refractivity contribution is 0.0519. The van der Waals surface area contributed by atoms with Crippen molar-refractivity contribution >= 4 is 23.8 Å². The predicted molar refractivity (Wildman–Crippen MR) is 88.7 cm³/mol. The molecule has 23 heavy (non-hydrogen) atoms. The lowest BCUT2D eigenvalue weighted by Crippen LogP contribution is -2.01. The Morgan fingerprint density at radius 2 is 1.78 bits per heavy atom. The molecule has 0 fully saturated rings. The molecule has 0 amide bonds. The fourth-order valence-electron chi connectivity index (χ4n) is 1.88. The van der Waals surface area contributed by atoms with Gasteiger partial charge >= 0.3 is 5.97 Å². The molecule has 0 aliphatic heterocycles. The van der Waals surface area contributed by atoms with Gasteiger partial charge in [-0.2, -0.15) is 0 Å². The molecule has 0 spiro atoms. The van der Waals surface area contributed by atoms with E-state index in [2.05, 4.69) is 5.16 Å². The highest BCUT2D eigenvalue weighted by atomic mass is 35.5. The maximum atomic E-state index is 11.8. The molecule has 0 atom stereocenters. The van der Waals surface area contributed by atoms with E-state index in [1.807, 2.05) is 19.1 Å². The van der Waals surface area contributed by atoms with Gasteiger partial charge in [0.1, 0.15) is 0 Å². The first-order valence-corrected chi connectivity index (χ1v) is 7.16. The molecule has 0 bridgehead atoms. The number of carbonyl (C=O) groups excluding carboxylic acids is 1. The summed E-state index contributed by atoms with van der Waals surface area (Å²) in [6, 6.07) is 10.4. The molecule has 2 rings (SSSR count). The second-order valence-corrected chi connectivity index (χ2v) is 5.06. The van der Waals surface area contributed by atoms with Crippen molar-refractivity contribution in [2.45, 2.75) is 6.92 Å². The molecule has 5 nitrogen and oxygen atoms in total. The summed E-state index contributed by atoms with van der Waals surface area (Å²) in [5, 5.41) is 4.00. The van der Waals surface area contributed by atoms with Crippen LogP contribution < -0.4 is 9.47 Å². The van der Waals surface area contributed by atoms with Gasteiger partial charge in [-0.15, -0.1) is 0 Å². The third-order valence-electron chi connectivity index (χ3n) is 3.13. The third kappa shape index (κ3) is 4.02. The van der Waals surface area contributed by atoms with E-state index in [0.717, 1.165) is 5.56 Å². The van der Waals surface area contributed by atoms with Gasteiger partial charge in [0.15, 0.2) is 11.5 Å². The lowest BCUT2D eigenvalue weighted by atomic mass is 10.2. The van der Waals surface area contributed by atoms with Gasteiger partial charge in [0.25, 0.3) is 0 Å². The van der Waals surface area contributed by atoms with Gasteiger partial charge in [-0.3, -0.25) is 0 Å². The van der Waals surface area contributed by atoms with Crippen molar-refractivity contribution < 1.29 is 19.1 Å². The molecular formula is C17H16ClNO4. The molecule has 0 saturated carbocycles. The number of aryl methyl sites for hydroxylation is 1. The number of oxime groups is 1. The van der Waals surface area contributed by atoms with Crippen LogP contribution >= 0.6 is 11.6 Å². The number of ether oxygens (including phenoxy) is 2. The molecule has 0 aliphatic carbocycles. The van der Waals surface area contributed by atoms with Gasteiger partial charge in [-0.25, -0.2) is 4.79 Å². The number of rotatable bonds is 5. The topological polar surface area (TPSA) is 57.1 Å². The van der Waals surface area contributed by atoms with Crippen molar-refractivity contribution in [3.8, 4) is 11.5 Å². The van der Waals surface area contributed by atoms with Crippen molar-refractivity contribution in [1.82, 2.24) is 0 Å². The largest absolute Gasteiger partial charge is 0.493 e. The molecule has 120 valence electrons. The van der Waals surface area contributed by atoms with E-state index < -0.39 is 5.97 Å². The Morgan fingerprint density at radius 3 is 2.39 bits per heavy atom. The summed E-state index contributed by atoms with van der Waals surface area (Å²) < 4.78 is 10.3. The van der Waals surface area contributed by atoms with Gasteiger partial charge in [0.05, 0.1) is 31.0 Å². The molecule has 0 aromatic heterocycles. The van der Waals surface area contributed by atoms with Crippen molar-refractivity contribution in [2.75, 3.05) is 14.2 Å². The van der Waals surface area contributed by atoms with Crippen LogP contribution in [0.25, 0.3) is 0 Å². The van der Waals surface area contributed by atoms with Gasteiger partial charge < -0.3 is 14.3 Å². The van der Waals surface area contributed by atoms with Gasteiger partial charge in [0, 0.05) is 5.56 Å². The standard InChI is InChI=1S/C17H16ClNO4/c1-11-4-6-12(7-5-11)17(20)23-19-10-13-8-9-14(21-2)16(22-3)15(13)18/h4-10H,1-3H3/b19-10+. The van der Waals surface area contributed by atoms with Crippen molar-refractivity contribution in [3.05, 3.63) is 58.1 Å². The Balaban J connectivity index is 2.11. The van der Waals surface area contributed by atoms with Gasteiger partial charge in [0.2, 0.25) is 0 Å². The molecule has 0 aliphatic rings. The molecular weight excluding hydrogens is 318 g/mol. The average Bonchev–Trinajstić information content (AvgIpc) is 2.56. The van der Waals surface area contributed by atoms with Crippen LogP contribution in [0.1, 0.15) is 21.5 Å². The summed E-state index contributed by atoms with van der Waals surface area (Å²) in [4.78, 5) is 16.7. The zero-order valence-corrected chi connectivity index (χ0v) is 13.8. The van der Waals surface area contributed by atoms with Gasteiger partial charge in [-0.1, -0.05) is 34.5 Å². The molecule has 0 radical (unpaired) electrons. The molecule has 0 heterocycles. The summed E-state index contributed by atoms with van der Waals surface area (Å²) in [6.45, 7) is 1.94. The van der Waals surface area contributed by atoms with E-state index in [9.17, 15) is 4.79 Å². The molecule has 2 aromatic carbocycles. The monoisotopic (exact) mass is 333 g/mol. The first kappa shape index (κ1) is 16.8. The van der Waals surface area contributed by atoms with Crippen LogP contribution in [0.3, 0.4) is 0 Å². The number of methoxy groups -OCH3 is 2. The van der Waals surface area contributed by atoms with Crippen LogP contribution in [0.4, 0.5) is 0 Å². The zero-order valence-electron chi connectivity index (χ0n) is 13.0. The average molecular weight is 334 g/mol. The highest BCUT2D eigenvalue weighted by molar-refractivity contribution is 6.34. The predicted octanol–water partition coefficient (Wildman–Crippen LogP) is 3.86. The minimum Gasteiger partial charge on any atom is -0.493 e. The van der Waals surface area contributed by atoms with Crippen LogP contribution in [-0.2, 0) is 4.84 Å². The van der Waals surface area contributed by atoms with E-state index in [1.54, 1.807) is 24.3 Å². The summed E-state index contributed by atoms with van der Waals surface area (Å²) >= 11 is 6.21. The second kappa shape index (κ2) is 7.65. The van der Waals surface area contributed by atoms with Crippen molar-refractivity contribution in [3.63, 3.8) is 0 Å². The van der Waals surface area contributed by atoms with Crippen molar-refractivity contribution in [1.29, 1.82) is 0 Å². The Bertz CT molecular complexity index is 726. The first-order valence-electron chi connectivity index (χ1n) is 6.78. The molecule has 6 heteroatoms. The number of hydrogen-bond acceptors (Lipinski definition) is 5. The van der Waals surface area contributed by atoms with Crippen LogP contribution in [0.5, 0.6) is 11.5 Å². The summed E-state index contributed by atoms with van der Waals surface area (Å²) in [5.74, 6) is 0.354. The molecule has 2 aromatic rings. The number of hydrogen-bond donors (Lipinski definition) is 0. The van der Waals surface area contributed by atoms with E-state index in [-0.39, 0.29) is 0 Å². The highest BCUT2D eigenvalue weighted by Crippen LogP contribution is 2.36. The Labute approximate surface area is 139 Å².